The molecule has 0 spiro atoms. The average Bonchev–Trinajstić information content (AvgIpc) is 3.16. The zero-order chi connectivity index (χ0) is 17.1. The molecular weight excluding hydrogens is 304 g/mol. The largest absolute Gasteiger partial charge is 0.396 e. The minimum absolute atomic E-state index is 0.0405. The molecule has 1 aromatic carbocycles. The quantitative estimate of drug-likeness (QED) is 0.848. The van der Waals surface area contributed by atoms with Crippen LogP contribution in [0.15, 0.2) is 42.7 Å². The van der Waals surface area contributed by atoms with E-state index in [4.69, 9.17) is 0 Å². The zero-order valence-corrected chi connectivity index (χ0v) is 13.7. The number of carbonyl (C=O) groups is 2. The Morgan fingerprint density at radius 3 is 2.46 bits per heavy atom. The Morgan fingerprint density at radius 2 is 1.83 bits per heavy atom. The van der Waals surface area contributed by atoms with Crippen LogP contribution in [-0.4, -0.2) is 45.9 Å². The van der Waals surface area contributed by atoms with E-state index < -0.39 is 0 Å². The monoisotopic (exact) mass is 326 g/mol. The Hall–Kier alpha value is -2.40. The van der Waals surface area contributed by atoms with E-state index in [1.165, 1.54) is 0 Å². The minimum atomic E-state index is -0.0677. The van der Waals surface area contributed by atoms with Crippen LogP contribution < -0.4 is 0 Å². The van der Waals surface area contributed by atoms with Crippen molar-refractivity contribution < 1.29 is 14.7 Å². The number of H-pyrrole nitrogens is 1. The molecule has 2 aromatic rings. The first-order valence-corrected chi connectivity index (χ1v) is 8.29. The fraction of sp³-hybridized carbons (Fsp3) is 0.368. The number of aromatic nitrogens is 1. The number of carbonyl (C=O) groups excluding carboxylic acids is 2. The summed E-state index contributed by atoms with van der Waals surface area (Å²) >= 11 is 0. The zero-order valence-electron chi connectivity index (χ0n) is 13.7. The molecule has 126 valence electrons. The fourth-order valence-corrected chi connectivity index (χ4v) is 3.18. The van der Waals surface area contributed by atoms with Gasteiger partial charge in [-0.25, -0.2) is 0 Å². The van der Waals surface area contributed by atoms with Crippen LogP contribution in [0.2, 0.25) is 0 Å². The molecule has 2 heterocycles. The highest BCUT2D eigenvalue weighted by atomic mass is 16.3. The van der Waals surface area contributed by atoms with Crippen LogP contribution in [0, 0.1) is 5.92 Å². The number of likely N-dealkylation sites (tertiary alicyclic amines) is 1. The summed E-state index contributed by atoms with van der Waals surface area (Å²) in [6.07, 6.45) is 5.22. The van der Waals surface area contributed by atoms with Gasteiger partial charge in [-0.3, -0.25) is 9.59 Å². The number of rotatable bonds is 4. The second-order valence-corrected chi connectivity index (χ2v) is 6.44. The van der Waals surface area contributed by atoms with E-state index in [1.54, 1.807) is 42.7 Å². The van der Waals surface area contributed by atoms with E-state index in [0.717, 1.165) is 12.8 Å². The number of hydrogen-bond acceptors (Lipinski definition) is 3. The van der Waals surface area contributed by atoms with Crippen LogP contribution in [0.4, 0.5) is 0 Å². The summed E-state index contributed by atoms with van der Waals surface area (Å²) in [4.78, 5) is 29.7. The molecule has 3 rings (SSSR count). The number of nitrogens with zero attached hydrogens (tertiary/aromatic N) is 1. The predicted octanol–water partition coefficient (Wildman–Crippen LogP) is 2.48. The fourth-order valence-electron chi connectivity index (χ4n) is 3.18. The molecule has 24 heavy (non-hydrogen) atoms. The number of ketones is 1. The highest BCUT2D eigenvalue weighted by Gasteiger charge is 2.29. The van der Waals surface area contributed by atoms with Gasteiger partial charge in [0.2, 0.25) is 0 Å². The number of nitrogens with one attached hydrogen (secondary N) is 1. The third-order valence-corrected chi connectivity index (χ3v) is 4.75. The minimum Gasteiger partial charge on any atom is -0.396 e. The molecule has 1 amide bonds. The number of hydrogen-bond donors (Lipinski definition) is 2. The van der Waals surface area contributed by atoms with E-state index in [1.807, 2.05) is 11.8 Å². The van der Waals surface area contributed by atoms with Gasteiger partial charge in [-0.1, -0.05) is 12.1 Å². The highest BCUT2D eigenvalue weighted by molar-refractivity contribution is 6.09. The first kappa shape index (κ1) is 16.5. The maximum absolute atomic E-state index is 12.7. The molecule has 0 radical (unpaired) electrons. The third kappa shape index (κ3) is 3.26. The van der Waals surface area contributed by atoms with Gasteiger partial charge >= 0.3 is 0 Å². The lowest BCUT2D eigenvalue weighted by atomic mass is 9.93. The van der Waals surface area contributed by atoms with Gasteiger partial charge in [0.25, 0.3) is 5.91 Å². The Kier molecular flexibility index (Phi) is 4.81. The summed E-state index contributed by atoms with van der Waals surface area (Å²) in [5, 5.41) is 9.36. The van der Waals surface area contributed by atoms with Crippen LogP contribution in [-0.2, 0) is 0 Å². The molecule has 1 aliphatic rings. The number of benzene rings is 1. The Labute approximate surface area is 141 Å². The molecule has 1 aromatic heterocycles. The molecule has 0 saturated carbocycles. The van der Waals surface area contributed by atoms with Crippen molar-refractivity contribution in [2.45, 2.75) is 25.8 Å². The SMILES string of the molecule is CC1CCC(CO)CN1C(=O)c1ccc(C(=O)c2cc[nH]c2)cc1. The topological polar surface area (TPSA) is 73.4 Å². The first-order chi connectivity index (χ1) is 11.6. The maximum atomic E-state index is 12.7. The summed E-state index contributed by atoms with van der Waals surface area (Å²) in [6, 6.07) is 8.70. The van der Waals surface area contributed by atoms with Crippen LogP contribution in [0.1, 0.15) is 46.0 Å². The van der Waals surface area contributed by atoms with Crippen LogP contribution in [0.3, 0.4) is 0 Å². The molecule has 2 N–H and O–H groups in total. The van der Waals surface area contributed by atoms with Crippen LogP contribution >= 0.6 is 0 Å². The molecule has 1 fully saturated rings. The number of amides is 1. The van der Waals surface area contributed by atoms with Gasteiger partial charge in [0, 0.05) is 48.3 Å². The molecule has 5 heteroatoms. The summed E-state index contributed by atoms with van der Waals surface area (Å²) in [7, 11) is 0. The van der Waals surface area contributed by atoms with Crippen molar-refractivity contribution in [3.8, 4) is 0 Å². The van der Waals surface area contributed by atoms with E-state index in [0.29, 0.717) is 23.2 Å². The number of aliphatic hydroxyl groups excluding tert-OH is 1. The number of aliphatic hydroxyl groups is 1. The number of aromatic amines is 1. The summed E-state index contributed by atoms with van der Waals surface area (Å²) < 4.78 is 0. The van der Waals surface area contributed by atoms with E-state index in [9.17, 15) is 14.7 Å². The molecule has 1 saturated heterocycles. The third-order valence-electron chi connectivity index (χ3n) is 4.75. The maximum Gasteiger partial charge on any atom is 0.254 e. The van der Waals surface area contributed by atoms with Crippen molar-refractivity contribution in [1.82, 2.24) is 9.88 Å². The second-order valence-electron chi connectivity index (χ2n) is 6.44. The van der Waals surface area contributed by atoms with Gasteiger partial charge < -0.3 is 15.0 Å². The smallest absolute Gasteiger partial charge is 0.254 e. The Bertz CT molecular complexity index is 707. The van der Waals surface area contributed by atoms with Crippen LogP contribution in [0.5, 0.6) is 0 Å². The Balaban J connectivity index is 1.75. The van der Waals surface area contributed by atoms with Gasteiger partial charge in [-0.05, 0) is 43.9 Å². The Morgan fingerprint density at radius 1 is 1.12 bits per heavy atom. The van der Waals surface area contributed by atoms with E-state index >= 15 is 0 Å². The van der Waals surface area contributed by atoms with Crippen LogP contribution in [0.25, 0.3) is 0 Å². The van der Waals surface area contributed by atoms with E-state index in [2.05, 4.69) is 4.98 Å². The average molecular weight is 326 g/mol. The first-order valence-electron chi connectivity index (χ1n) is 8.29. The lowest BCUT2D eigenvalue weighted by molar-refractivity contribution is 0.0488. The predicted molar refractivity (Wildman–Crippen MR) is 91.0 cm³/mol. The molecule has 0 bridgehead atoms. The molecular formula is C19H22N2O3. The summed E-state index contributed by atoms with van der Waals surface area (Å²) in [6.45, 7) is 2.73. The normalized spacial score (nSPS) is 20.8. The van der Waals surface area contributed by atoms with Crippen molar-refractivity contribution in [3.63, 3.8) is 0 Å². The van der Waals surface area contributed by atoms with E-state index in [-0.39, 0.29) is 30.3 Å². The summed E-state index contributed by atoms with van der Waals surface area (Å²) in [5.74, 6) is 0.0443. The lowest BCUT2D eigenvalue weighted by Gasteiger charge is -2.37. The molecule has 2 atom stereocenters. The van der Waals surface area contributed by atoms with Gasteiger partial charge in [0.15, 0.2) is 5.78 Å². The number of piperidine rings is 1. The second kappa shape index (κ2) is 7.01. The van der Waals surface area contributed by atoms with Gasteiger partial charge in [-0.15, -0.1) is 0 Å². The standard InChI is InChI=1S/C19H22N2O3/c1-13-2-3-14(12-22)11-21(13)19(24)16-6-4-15(5-7-16)18(23)17-8-9-20-10-17/h4-10,13-14,20,22H,2-3,11-12H2,1H3. The van der Waals surface area contributed by atoms with Crippen molar-refractivity contribution in [1.29, 1.82) is 0 Å². The van der Waals surface area contributed by atoms with Crippen molar-refractivity contribution in [3.05, 3.63) is 59.4 Å². The van der Waals surface area contributed by atoms with Gasteiger partial charge in [0.1, 0.15) is 0 Å². The molecule has 5 nitrogen and oxygen atoms in total. The molecule has 0 aliphatic carbocycles. The summed E-state index contributed by atoms with van der Waals surface area (Å²) in [5.41, 5.74) is 1.74. The lowest BCUT2D eigenvalue weighted by Crippen LogP contribution is -2.46. The van der Waals surface area contributed by atoms with Gasteiger partial charge in [0.05, 0.1) is 0 Å². The van der Waals surface area contributed by atoms with Crippen molar-refractivity contribution in [2.75, 3.05) is 13.2 Å². The molecule has 2 unspecified atom stereocenters. The van der Waals surface area contributed by atoms with Crippen molar-refractivity contribution >= 4 is 11.7 Å². The van der Waals surface area contributed by atoms with Gasteiger partial charge in [-0.2, -0.15) is 0 Å². The highest BCUT2D eigenvalue weighted by Crippen LogP contribution is 2.23. The molecule has 1 aliphatic heterocycles. The van der Waals surface area contributed by atoms with Crippen molar-refractivity contribution in [2.24, 2.45) is 5.92 Å².